The number of hydrogen-bond donors (Lipinski definition) is 0. The summed E-state index contributed by atoms with van der Waals surface area (Å²) in [6.07, 6.45) is 1.17. The Kier molecular flexibility index (Phi) is 5.06. The lowest BCUT2D eigenvalue weighted by atomic mass is 10.1. The lowest BCUT2D eigenvalue weighted by Gasteiger charge is -2.39. The van der Waals surface area contributed by atoms with Crippen molar-refractivity contribution < 1.29 is 4.39 Å². The van der Waals surface area contributed by atoms with Gasteiger partial charge in [-0.3, -0.25) is 4.90 Å². The van der Waals surface area contributed by atoms with Gasteiger partial charge in [-0.15, -0.1) is 11.6 Å². The molecule has 19 heavy (non-hydrogen) atoms. The molecule has 4 heteroatoms. The van der Waals surface area contributed by atoms with E-state index >= 15 is 0 Å². The highest BCUT2D eigenvalue weighted by Crippen LogP contribution is 2.23. The Hall–Kier alpha value is -0.800. The largest absolute Gasteiger partial charge is 0.367 e. The van der Waals surface area contributed by atoms with Gasteiger partial charge in [0.2, 0.25) is 0 Å². The summed E-state index contributed by atoms with van der Waals surface area (Å²) in [5.41, 5.74) is 1.54. The highest BCUT2D eigenvalue weighted by atomic mass is 35.5. The maximum atomic E-state index is 14.0. The third-order valence-corrected chi connectivity index (χ3v) is 4.34. The quantitative estimate of drug-likeness (QED) is 0.781. The summed E-state index contributed by atoms with van der Waals surface area (Å²) in [4.78, 5) is 4.60. The standard InChI is InChI=1S/C15H22ClFN2/c1-3-12(2)18-6-8-19(9-7-18)15-5-4-13(11-16)10-14(15)17/h4-5,10,12H,3,6-9,11H2,1-2H3. The van der Waals surface area contributed by atoms with Crippen LogP contribution in [-0.2, 0) is 5.88 Å². The lowest BCUT2D eigenvalue weighted by Crippen LogP contribution is -2.49. The molecular formula is C15H22ClFN2. The van der Waals surface area contributed by atoms with Crippen molar-refractivity contribution in [3.05, 3.63) is 29.6 Å². The number of rotatable bonds is 4. The van der Waals surface area contributed by atoms with E-state index in [1.54, 1.807) is 6.07 Å². The van der Waals surface area contributed by atoms with E-state index in [-0.39, 0.29) is 5.82 Å². The second-order valence-electron chi connectivity index (χ2n) is 5.20. The van der Waals surface area contributed by atoms with Crippen molar-refractivity contribution in [1.82, 2.24) is 4.90 Å². The zero-order chi connectivity index (χ0) is 13.8. The molecular weight excluding hydrogens is 263 g/mol. The number of piperazine rings is 1. The van der Waals surface area contributed by atoms with Gasteiger partial charge in [-0.1, -0.05) is 13.0 Å². The van der Waals surface area contributed by atoms with Gasteiger partial charge >= 0.3 is 0 Å². The van der Waals surface area contributed by atoms with Gasteiger partial charge in [0.05, 0.1) is 5.69 Å². The lowest BCUT2D eigenvalue weighted by molar-refractivity contribution is 0.192. The second kappa shape index (κ2) is 6.58. The average Bonchev–Trinajstić information content (AvgIpc) is 2.46. The molecule has 1 aromatic carbocycles. The van der Waals surface area contributed by atoms with Crippen molar-refractivity contribution in [2.45, 2.75) is 32.2 Å². The fourth-order valence-corrected chi connectivity index (χ4v) is 2.72. The minimum Gasteiger partial charge on any atom is -0.367 e. The summed E-state index contributed by atoms with van der Waals surface area (Å²) in [6, 6.07) is 5.92. The van der Waals surface area contributed by atoms with Gasteiger partial charge in [0.15, 0.2) is 0 Å². The van der Waals surface area contributed by atoms with E-state index in [0.29, 0.717) is 17.6 Å². The third-order valence-electron chi connectivity index (χ3n) is 4.04. The molecule has 1 fully saturated rings. The number of anilines is 1. The number of alkyl halides is 1. The van der Waals surface area contributed by atoms with E-state index in [9.17, 15) is 4.39 Å². The Morgan fingerprint density at radius 2 is 1.95 bits per heavy atom. The third kappa shape index (κ3) is 3.40. The van der Waals surface area contributed by atoms with Gasteiger partial charge in [0.25, 0.3) is 0 Å². The summed E-state index contributed by atoms with van der Waals surface area (Å²) in [7, 11) is 0. The molecule has 106 valence electrons. The molecule has 1 unspecified atom stereocenters. The van der Waals surface area contributed by atoms with E-state index in [4.69, 9.17) is 11.6 Å². The second-order valence-corrected chi connectivity index (χ2v) is 5.47. The van der Waals surface area contributed by atoms with Crippen LogP contribution in [0.1, 0.15) is 25.8 Å². The minimum absolute atomic E-state index is 0.157. The van der Waals surface area contributed by atoms with E-state index in [0.717, 1.165) is 31.7 Å². The minimum atomic E-state index is -0.157. The molecule has 0 bridgehead atoms. The van der Waals surface area contributed by atoms with Crippen molar-refractivity contribution in [2.24, 2.45) is 0 Å². The van der Waals surface area contributed by atoms with Gasteiger partial charge in [0.1, 0.15) is 5.82 Å². The Labute approximate surface area is 120 Å². The topological polar surface area (TPSA) is 6.48 Å². The molecule has 0 saturated carbocycles. The molecule has 2 nitrogen and oxygen atoms in total. The van der Waals surface area contributed by atoms with Crippen LogP contribution in [0, 0.1) is 5.82 Å². The predicted molar refractivity (Wildman–Crippen MR) is 79.5 cm³/mol. The summed E-state index contributed by atoms with van der Waals surface area (Å²) in [5, 5.41) is 0. The molecule has 0 aliphatic carbocycles. The fourth-order valence-electron chi connectivity index (χ4n) is 2.55. The molecule has 1 aliphatic rings. The average molecular weight is 285 g/mol. The van der Waals surface area contributed by atoms with Crippen molar-refractivity contribution in [3.8, 4) is 0 Å². The van der Waals surface area contributed by atoms with Crippen LogP contribution in [0.3, 0.4) is 0 Å². The molecule has 0 radical (unpaired) electrons. The zero-order valence-corrected chi connectivity index (χ0v) is 12.5. The van der Waals surface area contributed by atoms with E-state index < -0.39 is 0 Å². The highest BCUT2D eigenvalue weighted by Gasteiger charge is 2.21. The van der Waals surface area contributed by atoms with Gasteiger partial charge in [-0.2, -0.15) is 0 Å². The Balaban J connectivity index is 2.01. The molecule has 1 aromatic rings. The van der Waals surface area contributed by atoms with Crippen molar-refractivity contribution in [2.75, 3.05) is 31.1 Å². The molecule has 0 N–H and O–H groups in total. The van der Waals surface area contributed by atoms with Crippen molar-refractivity contribution >= 4 is 17.3 Å². The van der Waals surface area contributed by atoms with Crippen LogP contribution in [0.15, 0.2) is 18.2 Å². The maximum absolute atomic E-state index is 14.0. The first-order valence-electron chi connectivity index (χ1n) is 6.99. The molecule has 1 atom stereocenters. The molecule has 1 aliphatic heterocycles. The van der Waals surface area contributed by atoms with Crippen molar-refractivity contribution in [3.63, 3.8) is 0 Å². The summed E-state index contributed by atoms with van der Waals surface area (Å²) < 4.78 is 14.0. The number of hydrogen-bond acceptors (Lipinski definition) is 2. The first kappa shape index (κ1) is 14.6. The predicted octanol–water partition coefficient (Wildman–Crippen LogP) is 3.49. The smallest absolute Gasteiger partial charge is 0.146 e. The number of nitrogens with zero attached hydrogens (tertiary/aromatic N) is 2. The monoisotopic (exact) mass is 284 g/mol. The molecule has 0 aromatic heterocycles. The highest BCUT2D eigenvalue weighted by molar-refractivity contribution is 6.17. The molecule has 1 saturated heterocycles. The van der Waals surface area contributed by atoms with Gasteiger partial charge in [0, 0.05) is 38.1 Å². The number of benzene rings is 1. The van der Waals surface area contributed by atoms with E-state index in [1.807, 2.05) is 12.1 Å². The maximum Gasteiger partial charge on any atom is 0.146 e. The Morgan fingerprint density at radius 3 is 2.47 bits per heavy atom. The SMILES string of the molecule is CCC(C)N1CCN(c2ccc(CCl)cc2F)CC1. The van der Waals surface area contributed by atoms with E-state index in [1.165, 1.54) is 6.42 Å². The van der Waals surface area contributed by atoms with Crippen LogP contribution in [0.25, 0.3) is 0 Å². The summed E-state index contributed by atoms with van der Waals surface area (Å²) in [5.74, 6) is 0.203. The van der Waals surface area contributed by atoms with Crippen LogP contribution >= 0.6 is 11.6 Å². The van der Waals surface area contributed by atoms with E-state index in [2.05, 4.69) is 23.6 Å². The summed E-state index contributed by atoms with van der Waals surface area (Å²) in [6.45, 7) is 8.26. The normalized spacial score (nSPS) is 18.6. The van der Waals surface area contributed by atoms with Crippen LogP contribution in [0.2, 0.25) is 0 Å². The summed E-state index contributed by atoms with van der Waals surface area (Å²) >= 11 is 5.72. The molecule has 0 amide bonds. The van der Waals surface area contributed by atoms with Crippen LogP contribution in [0.5, 0.6) is 0 Å². The van der Waals surface area contributed by atoms with Gasteiger partial charge in [-0.25, -0.2) is 4.39 Å². The zero-order valence-electron chi connectivity index (χ0n) is 11.7. The first-order chi connectivity index (χ1) is 9.15. The molecule has 1 heterocycles. The Morgan fingerprint density at radius 1 is 1.26 bits per heavy atom. The van der Waals surface area contributed by atoms with Gasteiger partial charge in [-0.05, 0) is 31.0 Å². The van der Waals surface area contributed by atoms with Crippen molar-refractivity contribution in [1.29, 1.82) is 0 Å². The van der Waals surface area contributed by atoms with Crippen LogP contribution < -0.4 is 4.90 Å². The first-order valence-corrected chi connectivity index (χ1v) is 7.52. The fraction of sp³-hybridized carbons (Fsp3) is 0.600. The van der Waals surface area contributed by atoms with Gasteiger partial charge < -0.3 is 4.90 Å². The molecule has 0 spiro atoms. The molecule has 2 rings (SSSR count). The van der Waals surface area contributed by atoms with Crippen LogP contribution in [-0.4, -0.2) is 37.1 Å². The van der Waals surface area contributed by atoms with Crippen LogP contribution in [0.4, 0.5) is 10.1 Å². The Bertz CT molecular complexity index is 417. The number of halogens is 2.